The minimum absolute atomic E-state index is 0.0574. The molecule has 1 unspecified atom stereocenters. The fourth-order valence-corrected chi connectivity index (χ4v) is 6.77. The van der Waals surface area contributed by atoms with E-state index in [1.54, 1.807) is 30.1 Å². The Morgan fingerprint density at radius 2 is 1.80 bits per heavy atom. The molecule has 0 aromatic heterocycles. The Bertz CT molecular complexity index is 967. The first-order chi connectivity index (χ1) is 14.1. The summed E-state index contributed by atoms with van der Waals surface area (Å²) in [6.07, 6.45) is 6.54. The van der Waals surface area contributed by atoms with E-state index in [9.17, 15) is 18.0 Å². The predicted molar refractivity (Wildman–Crippen MR) is 115 cm³/mol. The van der Waals surface area contributed by atoms with E-state index in [2.05, 4.69) is 5.32 Å². The van der Waals surface area contributed by atoms with E-state index in [1.165, 1.54) is 10.7 Å². The number of anilines is 1. The molecule has 7 nitrogen and oxygen atoms in total. The van der Waals surface area contributed by atoms with Gasteiger partial charge in [-0.3, -0.25) is 9.59 Å². The predicted octanol–water partition coefficient (Wildman–Crippen LogP) is 2.54. The van der Waals surface area contributed by atoms with Gasteiger partial charge in [-0.2, -0.15) is 4.31 Å². The molecule has 0 bridgehead atoms. The number of hydrogen-bond acceptors (Lipinski definition) is 4. The molecule has 3 aliphatic rings. The molecule has 4 rings (SSSR count). The van der Waals surface area contributed by atoms with Gasteiger partial charge >= 0.3 is 0 Å². The number of sulfonamides is 1. The van der Waals surface area contributed by atoms with Crippen LogP contribution in [0.3, 0.4) is 0 Å². The summed E-state index contributed by atoms with van der Waals surface area (Å²) in [6, 6.07) is 4.34. The van der Waals surface area contributed by atoms with Crippen LogP contribution in [0.4, 0.5) is 5.69 Å². The zero-order chi connectivity index (χ0) is 21.7. The van der Waals surface area contributed by atoms with Crippen molar-refractivity contribution in [1.29, 1.82) is 0 Å². The van der Waals surface area contributed by atoms with E-state index in [1.807, 2.05) is 13.8 Å². The SMILES string of the molecule is CN1C(=O)C(C)(C)c2cc(S(=O)(=O)N3CCCC3C(=O)NC3CCCCC3)ccc21. The van der Waals surface area contributed by atoms with Crippen molar-refractivity contribution in [3.05, 3.63) is 23.8 Å². The quantitative estimate of drug-likeness (QED) is 0.791. The largest absolute Gasteiger partial charge is 0.352 e. The van der Waals surface area contributed by atoms with Crippen molar-refractivity contribution in [2.24, 2.45) is 0 Å². The van der Waals surface area contributed by atoms with Crippen LogP contribution in [0.25, 0.3) is 0 Å². The van der Waals surface area contributed by atoms with Crippen LogP contribution in [0.15, 0.2) is 23.1 Å². The van der Waals surface area contributed by atoms with Crippen LogP contribution in [-0.2, 0) is 25.0 Å². The molecule has 1 atom stereocenters. The normalized spacial score (nSPS) is 24.8. The molecule has 1 saturated carbocycles. The Labute approximate surface area is 178 Å². The highest BCUT2D eigenvalue weighted by molar-refractivity contribution is 7.89. The average Bonchev–Trinajstić information content (AvgIpc) is 3.29. The fourth-order valence-electron chi connectivity index (χ4n) is 5.08. The molecule has 1 saturated heterocycles. The first kappa shape index (κ1) is 21.3. The van der Waals surface area contributed by atoms with Crippen molar-refractivity contribution in [3.63, 3.8) is 0 Å². The number of carbonyl (C=O) groups excluding carboxylic acids is 2. The second kappa shape index (κ2) is 7.64. The third-order valence-electron chi connectivity index (χ3n) is 6.91. The van der Waals surface area contributed by atoms with Crippen LogP contribution in [-0.4, -0.2) is 50.2 Å². The van der Waals surface area contributed by atoms with E-state index >= 15 is 0 Å². The topological polar surface area (TPSA) is 86.8 Å². The Kier molecular flexibility index (Phi) is 5.43. The molecule has 1 N–H and O–H groups in total. The minimum atomic E-state index is -3.84. The number of likely N-dealkylation sites (N-methyl/N-ethyl adjacent to an activating group) is 1. The molecule has 2 aliphatic heterocycles. The summed E-state index contributed by atoms with van der Waals surface area (Å²) < 4.78 is 28.3. The molecular formula is C22H31N3O4S. The molecule has 1 aliphatic carbocycles. The third kappa shape index (κ3) is 3.43. The molecule has 2 fully saturated rings. The van der Waals surface area contributed by atoms with Crippen LogP contribution >= 0.6 is 0 Å². The van der Waals surface area contributed by atoms with Gasteiger partial charge < -0.3 is 10.2 Å². The van der Waals surface area contributed by atoms with Gasteiger partial charge in [0.1, 0.15) is 6.04 Å². The van der Waals surface area contributed by atoms with Gasteiger partial charge in [0.05, 0.1) is 10.3 Å². The van der Waals surface area contributed by atoms with Gasteiger partial charge in [0, 0.05) is 25.3 Å². The zero-order valence-corrected chi connectivity index (χ0v) is 18.8. The highest BCUT2D eigenvalue weighted by Gasteiger charge is 2.44. The maximum absolute atomic E-state index is 13.5. The van der Waals surface area contributed by atoms with Crippen LogP contribution in [0.2, 0.25) is 0 Å². The van der Waals surface area contributed by atoms with Crippen LogP contribution < -0.4 is 10.2 Å². The number of amides is 2. The van der Waals surface area contributed by atoms with Gasteiger partial charge in [0.25, 0.3) is 0 Å². The lowest BCUT2D eigenvalue weighted by Crippen LogP contribution is -2.49. The second-order valence-electron chi connectivity index (χ2n) is 9.29. The molecule has 0 radical (unpaired) electrons. The van der Waals surface area contributed by atoms with Crippen molar-refractivity contribution in [2.75, 3.05) is 18.5 Å². The number of carbonyl (C=O) groups is 2. The molecule has 1 aromatic carbocycles. The maximum atomic E-state index is 13.5. The molecule has 2 amide bonds. The Morgan fingerprint density at radius 1 is 1.10 bits per heavy atom. The summed E-state index contributed by atoms with van der Waals surface area (Å²) in [5.41, 5.74) is 0.661. The second-order valence-corrected chi connectivity index (χ2v) is 11.2. The molecule has 0 spiro atoms. The van der Waals surface area contributed by atoms with Crippen LogP contribution in [0.5, 0.6) is 0 Å². The Morgan fingerprint density at radius 3 is 2.50 bits per heavy atom. The number of nitrogens with one attached hydrogen (secondary N) is 1. The molecular weight excluding hydrogens is 402 g/mol. The molecule has 1 aromatic rings. The summed E-state index contributed by atoms with van der Waals surface area (Å²) in [5.74, 6) is -0.239. The van der Waals surface area contributed by atoms with Gasteiger partial charge in [-0.1, -0.05) is 19.3 Å². The molecule has 164 valence electrons. The molecule has 30 heavy (non-hydrogen) atoms. The van der Waals surface area contributed by atoms with E-state index in [0.29, 0.717) is 24.9 Å². The first-order valence-corrected chi connectivity index (χ1v) is 12.3. The van der Waals surface area contributed by atoms with Crippen molar-refractivity contribution < 1.29 is 18.0 Å². The fraction of sp³-hybridized carbons (Fsp3) is 0.636. The van der Waals surface area contributed by atoms with E-state index in [4.69, 9.17) is 0 Å². The summed E-state index contributed by atoms with van der Waals surface area (Å²) in [7, 11) is -2.13. The molecule has 2 heterocycles. The number of fused-ring (bicyclic) bond motifs is 1. The number of benzene rings is 1. The molecule has 8 heteroatoms. The lowest BCUT2D eigenvalue weighted by molar-refractivity contribution is -0.125. The van der Waals surface area contributed by atoms with Gasteiger partial charge in [-0.05, 0) is 63.3 Å². The summed E-state index contributed by atoms with van der Waals surface area (Å²) in [6.45, 7) is 3.96. The van der Waals surface area contributed by atoms with E-state index in [-0.39, 0.29) is 22.8 Å². The summed E-state index contributed by atoms with van der Waals surface area (Å²) in [4.78, 5) is 27.2. The highest BCUT2D eigenvalue weighted by atomic mass is 32.2. The first-order valence-electron chi connectivity index (χ1n) is 10.9. The van der Waals surface area contributed by atoms with E-state index in [0.717, 1.165) is 31.4 Å². The van der Waals surface area contributed by atoms with Gasteiger partial charge in [-0.25, -0.2) is 8.42 Å². The Balaban J connectivity index is 1.59. The van der Waals surface area contributed by atoms with Crippen LogP contribution in [0.1, 0.15) is 64.4 Å². The smallest absolute Gasteiger partial charge is 0.243 e. The number of hydrogen-bond donors (Lipinski definition) is 1. The van der Waals surface area contributed by atoms with Crippen molar-refractivity contribution >= 4 is 27.5 Å². The Hall–Kier alpha value is -1.93. The highest BCUT2D eigenvalue weighted by Crippen LogP contribution is 2.42. The van der Waals surface area contributed by atoms with Gasteiger partial charge in [0.2, 0.25) is 21.8 Å². The number of rotatable bonds is 4. The lowest BCUT2D eigenvalue weighted by Gasteiger charge is -2.28. The van der Waals surface area contributed by atoms with Gasteiger partial charge in [0.15, 0.2) is 0 Å². The summed E-state index contributed by atoms with van der Waals surface area (Å²) >= 11 is 0. The minimum Gasteiger partial charge on any atom is -0.352 e. The van der Waals surface area contributed by atoms with E-state index < -0.39 is 21.5 Å². The lowest BCUT2D eigenvalue weighted by atomic mass is 9.86. The third-order valence-corrected chi connectivity index (χ3v) is 8.81. The van der Waals surface area contributed by atoms with Crippen molar-refractivity contribution in [2.45, 2.75) is 81.2 Å². The number of nitrogens with zero attached hydrogens (tertiary/aromatic N) is 2. The average molecular weight is 434 g/mol. The monoisotopic (exact) mass is 433 g/mol. The van der Waals surface area contributed by atoms with Crippen molar-refractivity contribution in [3.8, 4) is 0 Å². The van der Waals surface area contributed by atoms with Crippen LogP contribution in [0, 0.1) is 0 Å². The maximum Gasteiger partial charge on any atom is 0.243 e. The van der Waals surface area contributed by atoms with Gasteiger partial charge in [-0.15, -0.1) is 0 Å². The van der Waals surface area contributed by atoms with Crippen molar-refractivity contribution in [1.82, 2.24) is 9.62 Å². The standard InChI is InChI=1S/C22H31N3O4S/c1-22(2)17-14-16(11-12-18(17)24(3)21(22)27)30(28,29)25-13-7-10-19(25)20(26)23-15-8-5-4-6-9-15/h11-12,14-15,19H,4-10,13H2,1-3H3,(H,23,26). The zero-order valence-electron chi connectivity index (χ0n) is 18.0. The summed E-state index contributed by atoms with van der Waals surface area (Å²) in [5, 5.41) is 3.08.